The molecule has 1 fully saturated rings. The Morgan fingerprint density at radius 3 is 2.00 bits per heavy atom. The third kappa shape index (κ3) is 19.5. The molecule has 0 aromatic heterocycles. The number of ether oxygens (including phenoxy) is 4. The van der Waals surface area contributed by atoms with Crippen LogP contribution in [0.3, 0.4) is 0 Å². The van der Waals surface area contributed by atoms with Gasteiger partial charge in [-0.05, 0) is 95.2 Å². The van der Waals surface area contributed by atoms with E-state index in [1.165, 1.54) is 57.8 Å². The van der Waals surface area contributed by atoms with Gasteiger partial charge in [-0.25, -0.2) is 0 Å². The maximum atomic E-state index is 11.6. The van der Waals surface area contributed by atoms with Crippen molar-refractivity contribution < 1.29 is 31.5 Å². The van der Waals surface area contributed by atoms with E-state index in [9.17, 15) is 8.42 Å². The molecule has 0 bridgehead atoms. The number of allylic oxidation sites excluding steroid dienone is 4. The van der Waals surface area contributed by atoms with E-state index in [2.05, 4.69) is 31.2 Å². The van der Waals surface area contributed by atoms with Gasteiger partial charge in [0.05, 0.1) is 26.1 Å². The van der Waals surface area contributed by atoms with Crippen molar-refractivity contribution in [2.24, 2.45) is 0 Å². The van der Waals surface area contributed by atoms with E-state index >= 15 is 0 Å². The molecule has 44 heavy (non-hydrogen) atoms. The van der Waals surface area contributed by atoms with E-state index in [1.807, 2.05) is 19.1 Å². The maximum Gasteiger partial charge on any atom is 0.264 e. The summed E-state index contributed by atoms with van der Waals surface area (Å²) in [6, 6.07) is 3.71. The molecule has 252 valence electrons. The zero-order valence-corrected chi connectivity index (χ0v) is 28.7. The first-order valence-corrected chi connectivity index (χ1v) is 19.0. The molecule has 0 aliphatic carbocycles. The van der Waals surface area contributed by atoms with E-state index in [1.54, 1.807) is 0 Å². The van der Waals surface area contributed by atoms with Crippen LogP contribution in [0.5, 0.6) is 11.5 Å². The van der Waals surface area contributed by atoms with Crippen LogP contribution < -0.4 is 9.47 Å². The lowest BCUT2D eigenvalue weighted by Gasteiger charge is -2.22. The highest BCUT2D eigenvalue weighted by atomic mass is 32.2. The van der Waals surface area contributed by atoms with Crippen molar-refractivity contribution in [3.8, 4) is 11.5 Å². The van der Waals surface area contributed by atoms with Crippen LogP contribution >= 0.6 is 0 Å². The average molecular weight is 637 g/mol. The summed E-state index contributed by atoms with van der Waals surface area (Å²) in [4.78, 5) is 0. The van der Waals surface area contributed by atoms with Gasteiger partial charge in [-0.1, -0.05) is 69.8 Å². The van der Waals surface area contributed by atoms with Crippen molar-refractivity contribution in [2.75, 3.05) is 32.7 Å². The molecular formula is C36H60O7S. The molecule has 1 aromatic rings. The van der Waals surface area contributed by atoms with Gasteiger partial charge < -0.3 is 18.9 Å². The highest BCUT2D eigenvalue weighted by Crippen LogP contribution is 2.31. The number of hydrogen-bond acceptors (Lipinski definition) is 7. The zero-order chi connectivity index (χ0) is 31.7. The molecule has 7 nitrogen and oxygen atoms in total. The molecule has 1 saturated heterocycles. The standard InChI is InChI=1S/C36H60O7S/c1-4-5-6-7-8-9-10-11-12-13-14-15-16-17-18-20-25-39-34-29-33(31-43-44(3,37)38)30-35(32(34)2)40-26-22-23-28-42-36-24-19-21-27-41-36/h8-9,11-12,29-30,36H,4-7,10,13-28,31H2,1-3H3/b9-8-,12-11-. The van der Waals surface area contributed by atoms with Crippen LogP contribution in [0.15, 0.2) is 36.4 Å². The minimum atomic E-state index is -3.55. The smallest absolute Gasteiger partial charge is 0.264 e. The molecule has 0 radical (unpaired) electrons. The molecule has 1 heterocycles. The quantitative estimate of drug-likeness (QED) is 0.0569. The van der Waals surface area contributed by atoms with Gasteiger partial charge in [-0.15, -0.1) is 0 Å². The van der Waals surface area contributed by atoms with Gasteiger partial charge in [0, 0.05) is 18.8 Å². The van der Waals surface area contributed by atoms with E-state index in [0.29, 0.717) is 31.1 Å². The highest BCUT2D eigenvalue weighted by Gasteiger charge is 2.14. The van der Waals surface area contributed by atoms with Crippen LogP contribution in [0.25, 0.3) is 0 Å². The average Bonchev–Trinajstić information content (AvgIpc) is 3.01. The summed E-state index contributed by atoms with van der Waals surface area (Å²) in [5, 5.41) is 0. The summed E-state index contributed by atoms with van der Waals surface area (Å²) in [7, 11) is -3.55. The summed E-state index contributed by atoms with van der Waals surface area (Å²) >= 11 is 0. The van der Waals surface area contributed by atoms with Crippen LogP contribution in [0.2, 0.25) is 0 Å². The monoisotopic (exact) mass is 636 g/mol. The number of rotatable bonds is 26. The number of benzene rings is 1. The van der Waals surface area contributed by atoms with Crippen molar-refractivity contribution >= 4 is 10.1 Å². The van der Waals surface area contributed by atoms with Gasteiger partial charge in [0.2, 0.25) is 0 Å². The van der Waals surface area contributed by atoms with Crippen LogP contribution in [0.1, 0.15) is 127 Å². The Morgan fingerprint density at radius 2 is 1.39 bits per heavy atom. The Kier molecular flexibility index (Phi) is 21.2. The SMILES string of the molecule is CCCCC/C=C\C/C=C\CCCCCCCCOc1cc(COS(C)(=O)=O)cc(OCCCCOC2CCCCO2)c1C. The first kappa shape index (κ1) is 38.3. The van der Waals surface area contributed by atoms with Crippen molar-refractivity contribution in [3.63, 3.8) is 0 Å². The van der Waals surface area contributed by atoms with E-state index < -0.39 is 10.1 Å². The Hall–Kier alpha value is -1.87. The fourth-order valence-corrected chi connectivity index (χ4v) is 5.34. The Balaban J connectivity index is 1.65. The molecular weight excluding hydrogens is 576 g/mol. The third-order valence-corrected chi connectivity index (χ3v) is 8.20. The van der Waals surface area contributed by atoms with Crippen molar-refractivity contribution in [1.82, 2.24) is 0 Å². The second kappa shape index (κ2) is 24.4. The molecule has 1 unspecified atom stereocenters. The maximum absolute atomic E-state index is 11.6. The molecule has 0 spiro atoms. The summed E-state index contributed by atoms with van der Waals surface area (Å²) in [5.74, 6) is 1.41. The lowest BCUT2D eigenvalue weighted by molar-refractivity contribution is -0.162. The van der Waals surface area contributed by atoms with E-state index in [4.69, 9.17) is 23.1 Å². The fraction of sp³-hybridized carbons (Fsp3) is 0.722. The topological polar surface area (TPSA) is 80.3 Å². The second-order valence-corrected chi connectivity index (χ2v) is 13.5. The summed E-state index contributed by atoms with van der Waals surface area (Å²) in [6.45, 7) is 6.77. The van der Waals surface area contributed by atoms with Crippen LogP contribution in [-0.2, 0) is 30.4 Å². The van der Waals surface area contributed by atoms with Crippen LogP contribution in [0, 0.1) is 6.92 Å². The molecule has 8 heteroatoms. The Morgan fingerprint density at radius 1 is 0.795 bits per heavy atom. The van der Waals surface area contributed by atoms with Gasteiger partial charge >= 0.3 is 0 Å². The number of hydrogen-bond donors (Lipinski definition) is 0. The van der Waals surface area contributed by atoms with E-state index in [-0.39, 0.29) is 12.9 Å². The molecule has 0 amide bonds. The summed E-state index contributed by atoms with van der Waals surface area (Å²) in [6.07, 6.45) is 29.6. The van der Waals surface area contributed by atoms with E-state index in [0.717, 1.165) is 75.5 Å². The highest BCUT2D eigenvalue weighted by molar-refractivity contribution is 7.85. The second-order valence-electron chi connectivity index (χ2n) is 11.8. The predicted molar refractivity (Wildman–Crippen MR) is 180 cm³/mol. The molecule has 0 N–H and O–H groups in total. The summed E-state index contributed by atoms with van der Waals surface area (Å²) < 4.78 is 51.8. The molecule has 1 atom stereocenters. The first-order chi connectivity index (χ1) is 21.4. The van der Waals surface area contributed by atoms with Crippen molar-refractivity contribution in [1.29, 1.82) is 0 Å². The van der Waals surface area contributed by atoms with Gasteiger partial charge in [0.1, 0.15) is 11.5 Å². The van der Waals surface area contributed by atoms with Gasteiger partial charge in [0.15, 0.2) is 6.29 Å². The van der Waals surface area contributed by atoms with Crippen molar-refractivity contribution in [2.45, 2.75) is 136 Å². The minimum absolute atomic E-state index is 0.0496. The summed E-state index contributed by atoms with van der Waals surface area (Å²) in [5.41, 5.74) is 1.63. The van der Waals surface area contributed by atoms with Gasteiger partial charge in [-0.2, -0.15) is 8.42 Å². The lowest BCUT2D eigenvalue weighted by atomic mass is 10.1. The lowest BCUT2D eigenvalue weighted by Crippen LogP contribution is -2.22. The van der Waals surface area contributed by atoms with Crippen LogP contribution in [0.4, 0.5) is 0 Å². The largest absolute Gasteiger partial charge is 0.493 e. The fourth-order valence-electron chi connectivity index (χ4n) is 4.99. The molecule has 1 aliphatic heterocycles. The van der Waals surface area contributed by atoms with Crippen molar-refractivity contribution in [3.05, 3.63) is 47.6 Å². The van der Waals surface area contributed by atoms with Gasteiger partial charge in [0.25, 0.3) is 10.1 Å². The molecule has 1 aliphatic rings. The minimum Gasteiger partial charge on any atom is -0.493 e. The normalized spacial score (nSPS) is 15.8. The number of unbranched alkanes of at least 4 members (excludes halogenated alkanes) is 10. The Bertz CT molecular complexity index is 1030. The van der Waals surface area contributed by atoms with Gasteiger partial charge in [-0.3, -0.25) is 4.18 Å². The Labute approximate surface area is 268 Å². The zero-order valence-electron chi connectivity index (χ0n) is 27.9. The predicted octanol–water partition coefficient (Wildman–Crippen LogP) is 9.37. The molecule has 2 rings (SSSR count). The molecule has 1 aromatic carbocycles. The molecule has 0 saturated carbocycles. The third-order valence-electron chi connectivity index (χ3n) is 7.65. The first-order valence-electron chi connectivity index (χ1n) is 17.2. The van der Waals surface area contributed by atoms with Crippen LogP contribution in [-0.4, -0.2) is 47.4 Å².